The van der Waals surface area contributed by atoms with Gasteiger partial charge in [0.05, 0.1) is 0 Å². The molecule has 2 saturated carbocycles. The fraction of sp³-hybridized carbons (Fsp3) is 0.929. The zero-order valence-corrected chi connectivity index (χ0v) is 10.8. The number of likely N-dealkylation sites (tertiary alicyclic amines) is 1. The van der Waals surface area contributed by atoms with Gasteiger partial charge in [0.25, 0.3) is 0 Å². The Labute approximate surface area is 104 Å². The van der Waals surface area contributed by atoms with Crippen molar-refractivity contribution in [1.29, 1.82) is 0 Å². The second-order valence-corrected chi connectivity index (χ2v) is 6.24. The summed E-state index contributed by atoms with van der Waals surface area (Å²) in [6.07, 6.45) is 6.31. The van der Waals surface area contributed by atoms with E-state index in [1.807, 2.05) is 0 Å². The highest BCUT2D eigenvalue weighted by atomic mass is 16.2. The molecule has 1 saturated heterocycles. The largest absolute Gasteiger partial charge is 0.338 e. The summed E-state index contributed by atoms with van der Waals surface area (Å²) in [5.41, 5.74) is 5.86. The van der Waals surface area contributed by atoms with Crippen LogP contribution >= 0.6 is 0 Å². The van der Waals surface area contributed by atoms with Gasteiger partial charge in [-0.05, 0) is 43.4 Å². The highest BCUT2D eigenvalue weighted by Crippen LogP contribution is 2.58. The van der Waals surface area contributed by atoms with Gasteiger partial charge in [0.15, 0.2) is 0 Å². The molecule has 3 fully saturated rings. The molecule has 1 amide bonds. The van der Waals surface area contributed by atoms with E-state index < -0.39 is 0 Å². The molecule has 3 nitrogen and oxygen atoms in total. The maximum Gasteiger partial charge on any atom is 0.226 e. The van der Waals surface area contributed by atoms with E-state index in [9.17, 15) is 4.79 Å². The van der Waals surface area contributed by atoms with Gasteiger partial charge in [-0.2, -0.15) is 0 Å². The van der Waals surface area contributed by atoms with E-state index in [2.05, 4.69) is 11.8 Å². The number of fused-ring (bicyclic) bond motifs is 1. The molecule has 17 heavy (non-hydrogen) atoms. The third kappa shape index (κ3) is 1.79. The summed E-state index contributed by atoms with van der Waals surface area (Å²) in [6.45, 7) is 3.82. The van der Waals surface area contributed by atoms with Gasteiger partial charge >= 0.3 is 0 Å². The van der Waals surface area contributed by atoms with Gasteiger partial charge in [-0.1, -0.05) is 13.3 Å². The van der Waals surface area contributed by atoms with E-state index in [4.69, 9.17) is 5.73 Å². The number of hydrogen-bond donors (Lipinski definition) is 1. The Morgan fingerprint density at radius 3 is 2.59 bits per heavy atom. The molecule has 2 aliphatic carbocycles. The first-order chi connectivity index (χ1) is 8.24. The van der Waals surface area contributed by atoms with Crippen molar-refractivity contribution in [3.8, 4) is 0 Å². The highest BCUT2D eigenvalue weighted by Gasteiger charge is 2.58. The molecular weight excluding hydrogens is 212 g/mol. The average Bonchev–Trinajstić information content (AvgIpc) is 2.81. The van der Waals surface area contributed by atoms with Crippen molar-refractivity contribution >= 4 is 5.91 Å². The maximum atomic E-state index is 12.6. The molecule has 0 aromatic heterocycles. The molecule has 3 heteroatoms. The number of amides is 1. The highest BCUT2D eigenvalue weighted by molar-refractivity contribution is 5.83. The SMILES string of the molecule is CC1CCCN(C(=O)C2C3CCCC32)C1CN. The van der Waals surface area contributed by atoms with E-state index in [0.29, 0.717) is 30.3 Å². The zero-order chi connectivity index (χ0) is 12.0. The van der Waals surface area contributed by atoms with E-state index in [-0.39, 0.29) is 0 Å². The molecule has 3 rings (SSSR count). The molecule has 1 aliphatic heterocycles. The lowest BCUT2D eigenvalue weighted by Gasteiger charge is -2.40. The predicted molar refractivity (Wildman–Crippen MR) is 67.3 cm³/mol. The van der Waals surface area contributed by atoms with E-state index in [1.54, 1.807) is 0 Å². The normalized spacial score (nSPS) is 44.6. The molecule has 4 unspecified atom stereocenters. The first-order valence-electron chi connectivity index (χ1n) is 7.24. The van der Waals surface area contributed by atoms with Crippen molar-refractivity contribution in [3.63, 3.8) is 0 Å². The number of hydrogen-bond acceptors (Lipinski definition) is 2. The van der Waals surface area contributed by atoms with Crippen LogP contribution in [0.4, 0.5) is 0 Å². The summed E-state index contributed by atoms with van der Waals surface area (Å²) < 4.78 is 0. The van der Waals surface area contributed by atoms with Crippen LogP contribution in [0.25, 0.3) is 0 Å². The minimum atomic E-state index is 0.303. The molecule has 3 aliphatic rings. The number of nitrogens with two attached hydrogens (primary N) is 1. The van der Waals surface area contributed by atoms with Gasteiger partial charge in [0.2, 0.25) is 5.91 Å². The van der Waals surface area contributed by atoms with Crippen LogP contribution in [0.2, 0.25) is 0 Å². The lowest BCUT2D eigenvalue weighted by atomic mass is 9.90. The summed E-state index contributed by atoms with van der Waals surface area (Å²) in [5, 5.41) is 0. The van der Waals surface area contributed by atoms with Crippen LogP contribution in [-0.4, -0.2) is 29.9 Å². The summed E-state index contributed by atoms with van der Waals surface area (Å²) in [4.78, 5) is 14.7. The molecule has 4 atom stereocenters. The van der Waals surface area contributed by atoms with Crippen molar-refractivity contribution in [3.05, 3.63) is 0 Å². The lowest BCUT2D eigenvalue weighted by molar-refractivity contribution is -0.138. The fourth-order valence-corrected chi connectivity index (χ4v) is 4.26. The van der Waals surface area contributed by atoms with Crippen LogP contribution in [0.1, 0.15) is 39.0 Å². The maximum absolute atomic E-state index is 12.6. The van der Waals surface area contributed by atoms with E-state index in [0.717, 1.165) is 24.8 Å². The number of piperidine rings is 1. The Balaban J connectivity index is 1.68. The number of nitrogens with zero attached hydrogens (tertiary/aromatic N) is 1. The monoisotopic (exact) mass is 236 g/mol. The predicted octanol–water partition coefficient (Wildman–Crippen LogP) is 1.62. The standard InChI is InChI=1S/C14H24N2O/c1-9-4-3-7-16(12(9)8-15)14(17)13-10-5-2-6-11(10)13/h9-13H,2-8,15H2,1H3. The Bertz CT molecular complexity index is 307. The lowest BCUT2D eigenvalue weighted by Crippen LogP contribution is -2.52. The van der Waals surface area contributed by atoms with E-state index in [1.165, 1.54) is 25.7 Å². The van der Waals surface area contributed by atoms with Crippen LogP contribution in [0.5, 0.6) is 0 Å². The van der Waals surface area contributed by atoms with Crippen LogP contribution in [0.3, 0.4) is 0 Å². The van der Waals surface area contributed by atoms with E-state index >= 15 is 0 Å². The number of carbonyl (C=O) groups is 1. The molecule has 2 N–H and O–H groups in total. The Kier molecular flexibility index (Phi) is 2.89. The second kappa shape index (κ2) is 4.27. The first kappa shape index (κ1) is 11.5. The van der Waals surface area contributed by atoms with Gasteiger partial charge in [-0.3, -0.25) is 4.79 Å². The topological polar surface area (TPSA) is 46.3 Å². The van der Waals surface area contributed by atoms with Crippen LogP contribution in [0, 0.1) is 23.7 Å². The molecular formula is C14H24N2O. The van der Waals surface area contributed by atoms with Gasteiger partial charge < -0.3 is 10.6 Å². The molecule has 0 spiro atoms. The summed E-state index contributed by atoms with van der Waals surface area (Å²) in [6, 6.07) is 0.303. The minimum Gasteiger partial charge on any atom is -0.338 e. The Morgan fingerprint density at radius 2 is 1.94 bits per heavy atom. The summed E-state index contributed by atoms with van der Waals surface area (Å²) in [5.74, 6) is 2.86. The second-order valence-electron chi connectivity index (χ2n) is 6.24. The van der Waals surface area contributed by atoms with Crippen molar-refractivity contribution in [2.75, 3.05) is 13.1 Å². The molecule has 0 aromatic carbocycles. The minimum absolute atomic E-state index is 0.303. The third-order valence-electron chi connectivity index (χ3n) is 5.33. The molecule has 0 aromatic rings. The summed E-state index contributed by atoms with van der Waals surface area (Å²) >= 11 is 0. The van der Waals surface area contributed by atoms with Crippen molar-refractivity contribution in [2.24, 2.45) is 29.4 Å². The first-order valence-corrected chi connectivity index (χ1v) is 7.24. The van der Waals surface area contributed by atoms with Crippen molar-refractivity contribution in [2.45, 2.75) is 45.1 Å². The smallest absolute Gasteiger partial charge is 0.226 e. The molecule has 96 valence electrons. The van der Waals surface area contributed by atoms with Gasteiger partial charge in [0.1, 0.15) is 0 Å². The van der Waals surface area contributed by atoms with Crippen LogP contribution < -0.4 is 5.73 Å². The van der Waals surface area contributed by atoms with Gasteiger partial charge in [0, 0.05) is 25.0 Å². The fourth-order valence-electron chi connectivity index (χ4n) is 4.26. The molecule has 0 bridgehead atoms. The zero-order valence-electron chi connectivity index (χ0n) is 10.8. The third-order valence-corrected chi connectivity index (χ3v) is 5.33. The number of rotatable bonds is 2. The molecule has 1 heterocycles. The quantitative estimate of drug-likeness (QED) is 0.792. The van der Waals surface area contributed by atoms with Crippen LogP contribution in [0.15, 0.2) is 0 Å². The van der Waals surface area contributed by atoms with Gasteiger partial charge in [-0.25, -0.2) is 0 Å². The van der Waals surface area contributed by atoms with Crippen molar-refractivity contribution in [1.82, 2.24) is 4.90 Å². The summed E-state index contributed by atoms with van der Waals surface area (Å²) in [7, 11) is 0. The van der Waals surface area contributed by atoms with Crippen molar-refractivity contribution < 1.29 is 4.79 Å². The van der Waals surface area contributed by atoms with Gasteiger partial charge in [-0.15, -0.1) is 0 Å². The van der Waals surface area contributed by atoms with Crippen LogP contribution in [-0.2, 0) is 4.79 Å². The average molecular weight is 236 g/mol. The Hall–Kier alpha value is -0.570. The number of carbonyl (C=O) groups excluding carboxylic acids is 1. The Morgan fingerprint density at radius 1 is 1.24 bits per heavy atom. The molecule has 0 radical (unpaired) electrons.